The van der Waals surface area contributed by atoms with Crippen molar-refractivity contribution >= 4 is 29.1 Å². The van der Waals surface area contributed by atoms with Gasteiger partial charge in [-0.05, 0) is 24.3 Å². The maximum atomic E-state index is 13.0. The lowest BCUT2D eigenvalue weighted by Gasteiger charge is -2.18. The molecule has 1 aliphatic heterocycles. The monoisotopic (exact) mass is 360 g/mol. The number of hydrogen-bond donors (Lipinski definition) is 0. The fourth-order valence-corrected chi connectivity index (χ4v) is 3.64. The fourth-order valence-electron chi connectivity index (χ4n) is 3.06. The molecule has 2 aromatic heterocycles. The second-order valence-corrected chi connectivity index (χ2v) is 6.55. The normalized spacial score (nSPS) is 13.4. The summed E-state index contributed by atoms with van der Waals surface area (Å²) in [6.45, 7) is 1.11. The Morgan fingerprint density at radius 3 is 2.58 bits per heavy atom. The summed E-state index contributed by atoms with van der Waals surface area (Å²) in [5.41, 5.74) is 3.30. The van der Waals surface area contributed by atoms with Crippen LogP contribution in [0.4, 0.5) is 0 Å². The maximum absolute atomic E-state index is 13.0. The fraction of sp³-hybridized carbons (Fsp3) is 0.176. The Hall–Kier alpha value is -2.24. The predicted octanol–water partition coefficient (Wildman–Crippen LogP) is 3.67. The first-order chi connectivity index (χ1) is 11.6. The molecule has 5 nitrogen and oxygen atoms in total. The summed E-state index contributed by atoms with van der Waals surface area (Å²) in [4.78, 5) is 14.8. The van der Waals surface area contributed by atoms with Gasteiger partial charge in [0.25, 0.3) is 5.91 Å². The van der Waals surface area contributed by atoms with E-state index in [4.69, 9.17) is 23.2 Å². The van der Waals surface area contributed by atoms with E-state index in [1.165, 1.54) is 0 Å². The summed E-state index contributed by atoms with van der Waals surface area (Å²) in [6, 6.07) is 8.90. The average Bonchev–Trinajstić information content (AvgIpc) is 3.25. The van der Waals surface area contributed by atoms with Crippen LogP contribution in [0.2, 0.25) is 10.0 Å². The molecular formula is C17H14Cl2N4O. The zero-order valence-corrected chi connectivity index (χ0v) is 14.4. The molecule has 3 aromatic rings. The smallest absolute Gasteiger partial charge is 0.271 e. The molecule has 0 atom stereocenters. The van der Waals surface area contributed by atoms with Gasteiger partial charge in [-0.25, -0.2) is 0 Å². The number of carbonyl (C=O) groups is 1. The topological polar surface area (TPSA) is 43.1 Å². The van der Waals surface area contributed by atoms with E-state index in [1.54, 1.807) is 39.9 Å². The van der Waals surface area contributed by atoms with E-state index in [0.29, 0.717) is 34.5 Å². The molecule has 1 aliphatic rings. The summed E-state index contributed by atoms with van der Waals surface area (Å²) < 4.78 is 3.56. The molecule has 0 saturated heterocycles. The molecule has 24 heavy (non-hydrogen) atoms. The molecular weight excluding hydrogens is 347 g/mol. The molecule has 4 rings (SSSR count). The van der Waals surface area contributed by atoms with Crippen molar-refractivity contribution in [3.63, 3.8) is 0 Å². The van der Waals surface area contributed by atoms with Crippen LogP contribution < -0.4 is 0 Å². The molecule has 0 spiro atoms. The zero-order valence-electron chi connectivity index (χ0n) is 12.9. The number of hydrogen-bond acceptors (Lipinski definition) is 2. The van der Waals surface area contributed by atoms with Gasteiger partial charge in [-0.3, -0.25) is 9.48 Å². The van der Waals surface area contributed by atoms with Crippen LogP contribution >= 0.6 is 23.2 Å². The third-order valence-corrected chi connectivity index (χ3v) is 4.89. The largest absolute Gasteiger partial charge is 0.327 e. The summed E-state index contributed by atoms with van der Waals surface area (Å²) in [6.07, 6.45) is 3.61. The van der Waals surface area contributed by atoms with Gasteiger partial charge in [0.1, 0.15) is 5.69 Å². The van der Waals surface area contributed by atoms with Crippen molar-refractivity contribution in [1.29, 1.82) is 0 Å². The molecule has 1 amide bonds. The first kappa shape index (κ1) is 15.3. The minimum Gasteiger partial charge on any atom is -0.327 e. The van der Waals surface area contributed by atoms with Gasteiger partial charge in [0.2, 0.25) is 0 Å². The van der Waals surface area contributed by atoms with E-state index in [0.717, 1.165) is 11.3 Å². The number of rotatable bonds is 2. The Morgan fingerprint density at radius 2 is 1.88 bits per heavy atom. The first-order valence-electron chi connectivity index (χ1n) is 7.47. The zero-order chi connectivity index (χ0) is 16.8. The van der Waals surface area contributed by atoms with Gasteiger partial charge in [-0.15, -0.1) is 0 Å². The molecule has 0 aliphatic carbocycles. The number of carbonyl (C=O) groups excluding carboxylic acids is 1. The number of aromatic nitrogens is 3. The highest BCUT2D eigenvalue weighted by Gasteiger charge is 2.29. The van der Waals surface area contributed by atoms with Crippen LogP contribution in [0, 0.1) is 0 Å². The van der Waals surface area contributed by atoms with E-state index in [9.17, 15) is 4.79 Å². The molecule has 0 saturated carbocycles. The highest BCUT2D eigenvalue weighted by molar-refractivity contribution is 6.37. The van der Waals surface area contributed by atoms with Gasteiger partial charge in [-0.1, -0.05) is 29.3 Å². The predicted molar refractivity (Wildman–Crippen MR) is 92.6 cm³/mol. The van der Waals surface area contributed by atoms with Crippen molar-refractivity contribution in [3.8, 4) is 5.69 Å². The molecule has 0 N–H and O–H groups in total. The van der Waals surface area contributed by atoms with Gasteiger partial charge < -0.3 is 9.47 Å². The first-order valence-corrected chi connectivity index (χ1v) is 8.22. The van der Waals surface area contributed by atoms with Crippen molar-refractivity contribution in [2.45, 2.75) is 13.1 Å². The Kier molecular flexibility index (Phi) is 3.62. The molecule has 7 heteroatoms. The lowest BCUT2D eigenvalue weighted by molar-refractivity contribution is 0.0740. The van der Waals surface area contributed by atoms with Crippen LogP contribution in [0.25, 0.3) is 5.69 Å². The SMILES string of the molecule is Cn1ncc2c1CN(C(=O)c1cccn1-c1c(Cl)cccc1Cl)C2. The van der Waals surface area contributed by atoms with Crippen LogP contribution in [0.1, 0.15) is 21.7 Å². The van der Waals surface area contributed by atoms with Crippen molar-refractivity contribution in [2.75, 3.05) is 0 Å². The van der Waals surface area contributed by atoms with Gasteiger partial charge in [0, 0.05) is 25.4 Å². The quantitative estimate of drug-likeness (QED) is 0.699. The number of para-hydroxylation sites is 1. The number of halogens is 2. The lowest BCUT2D eigenvalue weighted by Crippen LogP contribution is -2.28. The Morgan fingerprint density at radius 1 is 1.12 bits per heavy atom. The van der Waals surface area contributed by atoms with Gasteiger partial charge >= 0.3 is 0 Å². The minimum atomic E-state index is -0.0628. The summed E-state index contributed by atoms with van der Waals surface area (Å²) in [5, 5.41) is 5.22. The lowest BCUT2D eigenvalue weighted by atomic mass is 10.3. The molecule has 1 aromatic carbocycles. The van der Waals surface area contributed by atoms with Crippen molar-refractivity contribution < 1.29 is 4.79 Å². The number of nitrogens with zero attached hydrogens (tertiary/aromatic N) is 4. The number of aryl methyl sites for hydroxylation is 1. The Labute approximate surface area is 149 Å². The summed E-state index contributed by atoms with van der Waals surface area (Å²) >= 11 is 12.6. The number of benzene rings is 1. The van der Waals surface area contributed by atoms with Crippen LogP contribution in [-0.2, 0) is 20.1 Å². The highest BCUT2D eigenvalue weighted by Crippen LogP contribution is 2.31. The molecule has 3 heterocycles. The molecule has 0 radical (unpaired) electrons. The van der Waals surface area contributed by atoms with Gasteiger partial charge in [0.05, 0.1) is 34.2 Å². The second kappa shape index (κ2) is 5.69. The van der Waals surface area contributed by atoms with Gasteiger partial charge in [-0.2, -0.15) is 5.10 Å². The third-order valence-electron chi connectivity index (χ3n) is 4.28. The third kappa shape index (κ3) is 2.32. The summed E-state index contributed by atoms with van der Waals surface area (Å²) in [5.74, 6) is -0.0628. The molecule has 0 bridgehead atoms. The van der Waals surface area contributed by atoms with Crippen LogP contribution in [0.3, 0.4) is 0 Å². The minimum absolute atomic E-state index is 0.0628. The number of fused-ring (bicyclic) bond motifs is 1. The second-order valence-electron chi connectivity index (χ2n) is 5.74. The highest BCUT2D eigenvalue weighted by atomic mass is 35.5. The van der Waals surface area contributed by atoms with Crippen molar-refractivity contribution in [2.24, 2.45) is 7.05 Å². The maximum Gasteiger partial charge on any atom is 0.271 e. The van der Waals surface area contributed by atoms with E-state index in [2.05, 4.69) is 5.10 Å². The molecule has 0 fully saturated rings. The number of amides is 1. The Bertz CT molecular complexity index is 924. The standard InChI is InChI=1S/C17H14Cl2N4O/c1-21-15-10-22(9-11(15)8-20-21)17(24)14-6-3-7-23(14)16-12(18)4-2-5-13(16)19/h2-8H,9-10H2,1H3. The molecule has 0 unspecified atom stereocenters. The van der Waals surface area contributed by atoms with Gasteiger partial charge in [0.15, 0.2) is 0 Å². The van der Waals surface area contributed by atoms with E-state index >= 15 is 0 Å². The Balaban J connectivity index is 1.70. The van der Waals surface area contributed by atoms with Crippen molar-refractivity contribution in [3.05, 3.63) is 69.7 Å². The van der Waals surface area contributed by atoms with Crippen LogP contribution in [0.5, 0.6) is 0 Å². The van der Waals surface area contributed by atoms with Crippen LogP contribution in [0.15, 0.2) is 42.7 Å². The molecule has 122 valence electrons. The van der Waals surface area contributed by atoms with Crippen molar-refractivity contribution in [1.82, 2.24) is 19.2 Å². The summed E-state index contributed by atoms with van der Waals surface area (Å²) in [7, 11) is 1.89. The average molecular weight is 361 g/mol. The van der Waals surface area contributed by atoms with E-state index in [-0.39, 0.29) is 5.91 Å². The van der Waals surface area contributed by atoms with E-state index < -0.39 is 0 Å². The van der Waals surface area contributed by atoms with E-state index in [1.807, 2.05) is 24.0 Å². The van der Waals surface area contributed by atoms with Crippen LogP contribution in [-0.4, -0.2) is 25.2 Å².